The SMILES string of the molecule is N#CCCSc1ccc(Br)cc1. The normalized spacial score (nSPS) is 9.33. The smallest absolute Gasteiger partial charge is 0.0630 e. The first-order valence-corrected chi connectivity index (χ1v) is 5.36. The van der Waals surface area contributed by atoms with Crippen molar-refractivity contribution in [2.24, 2.45) is 0 Å². The van der Waals surface area contributed by atoms with Crippen LogP contribution in [0.1, 0.15) is 6.42 Å². The van der Waals surface area contributed by atoms with Crippen molar-refractivity contribution >= 4 is 27.7 Å². The summed E-state index contributed by atoms with van der Waals surface area (Å²) in [4.78, 5) is 1.22. The topological polar surface area (TPSA) is 23.8 Å². The van der Waals surface area contributed by atoms with Gasteiger partial charge in [-0.15, -0.1) is 11.8 Å². The van der Waals surface area contributed by atoms with Crippen LogP contribution in [0.4, 0.5) is 0 Å². The highest BCUT2D eigenvalue weighted by molar-refractivity contribution is 9.10. The minimum absolute atomic E-state index is 0.612. The van der Waals surface area contributed by atoms with E-state index in [4.69, 9.17) is 5.26 Å². The van der Waals surface area contributed by atoms with E-state index in [1.807, 2.05) is 24.3 Å². The van der Waals surface area contributed by atoms with E-state index in [-0.39, 0.29) is 0 Å². The Kier molecular flexibility index (Phi) is 4.20. The molecule has 0 unspecified atom stereocenters. The van der Waals surface area contributed by atoms with E-state index in [9.17, 15) is 0 Å². The average Bonchev–Trinajstić information content (AvgIpc) is 2.09. The highest BCUT2D eigenvalue weighted by atomic mass is 79.9. The largest absolute Gasteiger partial charge is 0.198 e. The molecular weight excluding hydrogens is 234 g/mol. The van der Waals surface area contributed by atoms with Gasteiger partial charge in [-0.2, -0.15) is 5.26 Å². The fourth-order valence-electron chi connectivity index (χ4n) is 0.745. The van der Waals surface area contributed by atoms with Crippen LogP contribution in [0.3, 0.4) is 0 Å². The third-order valence-electron chi connectivity index (χ3n) is 1.30. The molecule has 0 aromatic heterocycles. The first kappa shape index (κ1) is 9.63. The van der Waals surface area contributed by atoms with Crippen LogP contribution < -0.4 is 0 Å². The van der Waals surface area contributed by atoms with Gasteiger partial charge in [-0.1, -0.05) is 15.9 Å². The Morgan fingerprint density at radius 2 is 2.00 bits per heavy atom. The van der Waals surface area contributed by atoms with Gasteiger partial charge in [-0.05, 0) is 24.3 Å². The molecule has 0 saturated heterocycles. The van der Waals surface area contributed by atoms with Gasteiger partial charge in [0.25, 0.3) is 0 Å². The number of nitriles is 1. The Morgan fingerprint density at radius 3 is 2.58 bits per heavy atom. The van der Waals surface area contributed by atoms with E-state index >= 15 is 0 Å². The third kappa shape index (κ3) is 3.29. The highest BCUT2D eigenvalue weighted by Gasteiger charge is 1.92. The lowest BCUT2D eigenvalue weighted by atomic mass is 10.4. The zero-order chi connectivity index (χ0) is 8.81. The Labute approximate surface area is 84.9 Å². The zero-order valence-corrected chi connectivity index (χ0v) is 8.86. The molecule has 0 bridgehead atoms. The molecule has 0 heterocycles. The maximum atomic E-state index is 8.32. The van der Waals surface area contributed by atoms with Crippen LogP contribution in [0.25, 0.3) is 0 Å². The Morgan fingerprint density at radius 1 is 1.33 bits per heavy atom. The molecule has 62 valence electrons. The number of rotatable bonds is 3. The first-order valence-electron chi connectivity index (χ1n) is 3.58. The molecule has 0 saturated carbocycles. The van der Waals surface area contributed by atoms with Crippen molar-refractivity contribution < 1.29 is 0 Å². The van der Waals surface area contributed by atoms with Gasteiger partial charge in [0.15, 0.2) is 0 Å². The fraction of sp³-hybridized carbons (Fsp3) is 0.222. The van der Waals surface area contributed by atoms with E-state index in [1.165, 1.54) is 4.90 Å². The number of halogens is 1. The molecule has 0 aliphatic rings. The predicted molar refractivity (Wildman–Crippen MR) is 55.1 cm³/mol. The van der Waals surface area contributed by atoms with Gasteiger partial charge in [0, 0.05) is 21.5 Å². The lowest BCUT2D eigenvalue weighted by Gasteiger charge is -1.97. The third-order valence-corrected chi connectivity index (χ3v) is 2.84. The van der Waals surface area contributed by atoms with Crippen LogP contribution in [0.15, 0.2) is 33.6 Å². The maximum Gasteiger partial charge on any atom is 0.0630 e. The molecule has 3 heteroatoms. The molecule has 0 fully saturated rings. The van der Waals surface area contributed by atoms with E-state index in [0.717, 1.165) is 10.2 Å². The summed E-state index contributed by atoms with van der Waals surface area (Å²) >= 11 is 5.08. The number of hydrogen-bond acceptors (Lipinski definition) is 2. The highest BCUT2D eigenvalue weighted by Crippen LogP contribution is 2.20. The van der Waals surface area contributed by atoms with Crippen molar-refractivity contribution in [3.05, 3.63) is 28.7 Å². The first-order chi connectivity index (χ1) is 5.83. The van der Waals surface area contributed by atoms with E-state index < -0.39 is 0 Å². The van der Waals surface area contributed by atoms with Crippen molar-refractivity contribution in [2.45, 2.75) is 11.3 Å². The monoisotopic (exact) mass is 241 g/mol. The van der Waals surface area contributed by atoms with Crippen LogP contribution in [0, 0.1) is 11.3 Å². The summed E-state index contributed by atoms with van der Waals surface area (Å²) in [5.74, 6) is 0.873. The van der Waals surface area contributed by atoms with Gasteiger partial charge >= 0.3 is 0 Å². The average molecular weight is 242 g/mol. The van der Waals surface area contributed by atoms with Crippen molar-refractivity contribution in [3.8, 4) is 6.07 Å². The molecule has 0 atom stereocenters. The molecule has 0 radical (unpaired) electrons. The second-order valence-corrected chi connectivity index (χ2v) is 4.29. The summed E-state index contributed by atoms with van der Waals surface area (Å²) in [6.45, 7) is 0. The molecule has 0 aliphatic carbocycles. The quantitative estimate of drug-likeness (QED) is 0.598. The van der Waals surface area contributed by atoms with E-state index in [1.54, 1.807) is 11.8 Å². The second kappa shape index (κ2) is 5.23. The molecular formula is C9H8BrNS. The molecule has 0 N–H and O–H groups in total. The van der Waals surface area contributed by atoms with Crippen molar-refractivity contribution in [3.63, 3.8) is 0 Å². The molecule has 1 aromatic carbocycles. The molecule has 1 rings (SSSR count). The molecule has 1 nitrogen and oxygen atoms in total. The minimum Gasteiger partial charge on any atom is -0.198 e. The summed E-state index contributed by atoms with van der Waals surface area (Å²) in [6.07, 6.45) is 0.612. The summed E-state index contributed by atoms with van der Waals surface area (Å²) in [7, 11) is 0. The van der Waals surface area contributed by atoms with Crippen LogP contribution in [-0.4, -0.2) is 5.75 Å². The number of thioether (sulfide) groups is 1. The van der Waals surface area contributed by atoms with Gasteiger partial charge in [0.2, 0.25) is 0 Å². The lowest BCUT2D eigenvalue weighted by Crippen LogP contribution is -1.76. The van der Waals surface area contributed by atoms with E-state index in [2.05, 4.69) is 22.0 Å². The molecule has 0 amide bonds. The van der Waals surface area contributed by atoms with Gasteiger partial charge < -0.3 is 0 Å². The molecule has 1 aromatic rings. The Balaban J connectivity index is 2.43. The van der Waals surface area contributed by atoms with Crippen molar-refractivity contribution in [1.29, 1.82) is 5.26 Å². The predicted octanol–water partition coefficient (Wildman–Crippen LogP) is 3.45. The van der Waals surface area contributed by atoms with Crippen LogP contribution in [0.5, 0.6) is 0 Å². The fourth-order valence-corrected chi connectivity index (χ4v) is 1.77. The lowest BCUT2D eigenvalue weighted by molar-refractivity contribution is 1.23. The molecule has 12 heavy (non-hydrogen) atoms. The number of benzene rings is 1. The second-order valence-electron chi connectivity index (χ2n) is 2.21. The van der Waals surface area contributed by atoms with Gasteiger partial charge in [-0.25, -0.2) is 0 Å². The molecule has 0 spiro atoms. The maximum absolute atomic E-state index is 8.32. The van der Waals surface area contributed by atoms with Crippen molar-refractivity contribution in [2.75, 3.05) is 5.75 Å². The summed E-state index contributed by atoms with van der Waals surface area (Å²) < 4.78 is 1.09. The van der Waals surface area contributed by atoms with E-state index in [0.29, 0.717) is 6.42 Å². The number of hydrogen-bond donors (Lipinski definition) is 0. The van der Waals surface area contributed by atoms with Crippen LogP contribution in [0.2, 0.25) is 0 Å². The summed E-state index contributed by atoms with van der Waals surface area (Å²) in [5.41, 5.74) is 0. The van der Waals surface area contributed by atoms with Crippen molar-refractivity contribution in [1.82, 2.24) is 0 Å². The minimum atomic E-state index is 0.612. The van der Waals surface area contributed by atoms with Gasteiger partial charge in [0.05, 0.1) is 6.07 Å². The standard InChI is InChI=1S/C9H8BrNS/c10-8-2-4-9(5-3-8)12-7-1-6-11/h2-5H,1,7H2. The Hall–Kier alpha value is -0.460. The van der Waals surface area contributed by atoms with Crippen LogP contribution in [-0.2, 0) is 0 Å². The van der Waals surface area contributed by atoms with Crippen LogP contribution >= 0.6 is 27.7 Å². The summed E-state index contributed by atoms with van der Waals surface area (Å²) in [6, 6.07) is 10.2. The van der Waals surface area contributed by atoms with Gasteiger partial charge in [0.1, 0.15) is 0 Å². The Bertz CT molecular complexity index is 276. The zero-order valence-electron chi connectivity index (χ0n) is 6.46. The molecule has 0 aliphatic heterocycles. The van der Waals surface area contributed by atoms with Gasteiger partial charge in [-0.3, -0.25) is 0 Å². The summed E-state index contributed by atoms with van der Waals surface area (Å²) in [5, 5.41) is 8.32. The number of nitrogens with zero attached hydrogens (tertiary/aromatic N) is 1.